The van der Waals surface area contributed by atoms with Crippen LogP contribution in [0.1, 0.15) is 19.3 Å². The van der Waals surface area contributed by atoms with E-state index in [9.17, 15) is 19.2 Å². The SMILES string of the molecule is NC(=O)C(C(=O)CCCC(=O)C(C(N)=O)N1CCOCC1)N1CCOCC1. The highest BCUT2D eigenvalue weighted by molar-refractivity contribution is 6.06. The molecule has 2 saturated heterocycles. The molecule has 2 unspecified atom stereocenters. The van der Waals surface area contributed by atoms with Crippen molar-refractivity contribution in [1.29, 1.82) is 0 Å². The van der Waals surface area contributed by atoms with E-state index in [2.05, 4.69) is 0 Å². The normalized spacial score (nSPS) is 21.3. The summed E-state index contributed by atoms with van der Waals surface area (Å²) in [5.74, 6) is -2.04. The van der Waals surface area contributed by atoms with Gasteiger partial charge in [0.2, 0.25) is 11.8 Å². The van der Waals surface area contributed by atoms with Crippen molar-refractivity contribution in [2.24, 2.45) is 11.5 Å². The predicted octanol–water partition coefficient (Wildman–Crippen LogP) is -2.33. The second kappa shape index (κ2) is 10.5. The molecule has 2 aliphatic rings. The van der Waals surface area contributed by atoms with Gasteiger partial charge in [-0.15, -0.1) is 0 Å². The summed E-state index contributed by atoms with van der Waals surface area (Å²) in [5, 5.41) is 0. The van der Waals surface area contributed by atoms with Gasteiger partial charge in [-0.3, -0.25) is 29.0 Å². The van der Waals surface area contributed by atoms with E-state index in [-0.39, 0.29) is 30.8 Å². The number of rotatable bonds is 10. The van der Waals surface area contributed by atoms with Gasteiger partial charge in [-0.2, -0.15) is 0 Å². The molecule has 0 saturated carbocycles. The Morgan fingerprint density at radius 3 is 1.33 bits per heavy atom. The number of amides is 2. The summed E-state index contributed by atoms with van der Waals surface area (Å²) in [5.41, 5.74) is 10.8. The lowest BCUT2D eigenvalue weighted by Crippen LogP contribution is -2.54. The number of nitrogens with zero attached hydrogens (tertiary/aromatic N) is 2. The molecule has 2 aliphatic heterocycles. The monoisotopic (exact) mass is 384 g/mol. The van der Waals surface area contributed by atoms with Crippen molar-refractivity contribution in [3.63, 3.8) is 0 Å². The number of Topliss-reactive ketones (excluding diaryl/α,β-unsaturated/α-hetero) is 2. The Kier molecular flexibility index (Phi) is 8.29. The molecule has 2 atom stereocenters. The molecule has 2 rings (SSSR count). The van der Waals surface area contributed by atoms with Crippen molar-refractivity contribution < 1.29 is 28.7 Å². The second-order valence-electron chi connectivity index (χ2n) is 6.69. The number of carbonyl (C=O) groups excluding carboxylic acids is 4. The predicted molar refractivity (Wildman–Crippen MR) is 94.6 cm³/mol. The summed E-state index contributed by atoms with van der Waals surface area (Å²) in [6.45, 7) is 3.59. The third kappa shape index (κ3) is 6.06. The van der Waals surface area contributed by atoms with Crippen LogP contribution in [-0.4, -0.2) is 97.9 Å². The molecule has 10 heteroatoms. The summed E-state index contributed by atoms with van der Waals surface area (Å²) in [4.78, 5) is 51.8. The zero-order chi connectivity index (χ0) is 19.8. The lowest BCUT2D eigenvalue weighted by atomic mass is 9.99. The maximum absolute atomic E-state index is 12.5. The molecule has 0 aromatic heterocycles. The van der Waals surface area contributed by atoms with E-state index in [1.807, 2.05) is 0 Å². The fourth-order valence-electron chi connectivity index (χ4n) is 3.47. The summed E-state index contributed by atoms with van der Waals surface area (Å²) in [7, 11) is 0. The molecule has 0 aliphatic carbocycles. The molecule has 2 amide bonds. The van der Waals surface area contributed by atoms with E-state index in [0.717, 1.165) is 0 Å². The third-order valence-electron chi connectivity index (χ3n) is 4.82. The van der Waals surface area contributed by atoms with Crippen molar-refractivity contribution in [1.82, 2.24) is 9.80 Å². The zero-order valence-electron chi connectivity index (χ0n) is 15.4. The van der Waals surface area contributed by atoms with Crippen LogP contribution in [0.2, 0.25) is 0 Å². The van der Waals surface area contributed by atoms with Crippen LogP contribution < -0.4 is 11.5 Å². The van der Waals surface area contributed by atoms with Crippen LogP contribution in [0.25, 0.3) is 0 Å². The van der Waals surface area contributed by atoms with Gasteiger partial charge in [0.25, 0.3) is 0 Å². The van der Waals surface area contributed by atoms with Gasteiger partial charge in [0.05, 0.1) is 26.4 Å². The van der Waals surface area contributed by atoms with Gasteiger partial charge >= 0.3 is 0 Å². The highest BCUT2D eigenvalue weighted by atomic mass is 16.5. The Morgan fingerprint density at radius 2 is 1.04 bits per heavy atom. The second-order valence-corrected chi connectivity index (χ2v) is 6.69. The Balaban J connectivity index is 1.86. The average molecular weight is 384 g/mol. The number of nitrogens with two attached hydrogens (primary N) is 2. The maximum atomic E-state index is 12.5. The number of hydrogen-bond donors (Lipinski definition) is 2. The molecule has 0 aromatic rings. The smallest absolute Gasteiger partial charge is 0.242 e. The Morgan fingerprint density at radius 1 is 0.704 bits per heavy atom. The minimum absolute atomic E-state index is 0.0330. The van der Waals surface area contributed by atoms with Gasteiger partial charge in [-0.25, -0.2) is 0 Å². The van der Waals surface area contributed by atoms with Gasteiger partial charge in [0.15, 0.2) is 11.6 Å². The minimum atomic E-state index is -1.00. The van der Waals surface area contributed by atoms with Gasteiger partial charge in [0, 0.05) is 39.0 Å². The molecule has 2 heterocycles. The summed E-state index contributed by atoms with van der Waals surface area (Å²) >= 11 is 0. The van der Waals surface area contributed by atoms with Gasteiger partial charge in [-0.1, -0.05) is 0 Å². The van der Waals surface area contributed by atoms with E-state index in [0.29, 0.717) is 52.6 Å². The van der Waals surface area contributed by atoms with Crippen LogP contribution in [0, 0.1) is 0 Å². The fraction of sp³-hybridized carbons (Fsp3) is 0.765. The maximum Gasteiger partial charge on any atom is 0.242 e. The third-order valence-corrected chi connectivity index (χ3v) is 4.82. The summed E-state index contributed by atoms with van der Waals surface area (Å²) in [6, 6.07) is -2.01. The fourth-order valence-corrected chi connectivity index (χ4v) is 3.47. The topological polar surface area (TPSA) is 145 Å². The van der Waals surface area contributed by atoms with Crippen molar-refractivity contribution in [2.75, 3.05) is 52.6 Å². The van der Waals surface area contributed by atoms with Gasteiger partial charge in [-0.05, 0) is 6.42 Å². The lowest BCUT2D eigenvalue weighted by molar-refractivity contribution is -0.136. The van der Waals surface area contributed by atoms with Crippen molar-refractivity contribution in [3.05, 3.63) is 0 Å². The first kappa shape index (κ1) is 21.4. The average Bonchev–Trinajstić information content (AvgIpc) is 2.63. The molecule has 0 aromatic carbocycles. The minimum Gasteiger partial charge on any atom is -0.379 e. The Labute approximate surface area is 158 Å². The molecular formula is C17H28N4O6. The first-order chi connectivity index (χ1) is 12.9. The number of carbonyl (C=O) groups is 4. The molecule has 0 radical (unpaired) electrons. The first-order valence-corrected chi connectivity index (χ1v) is 9.19. The van der Waals surface area contributed by atoms with Crippen LogP contribution in [0.5, 0.6) is 0 Å². The summed E-state index contributed by atoms with van der Waals surface area (Å²) < 4.78 is 10.4. The van der Waals surface area contributed by atoms with Gasteiger partial charge < -0.3 is 20.9 Å². The highest BCUT2D eigenvalue weighted by Gasteiger charge is 2.34. The molecule has 27 heavy (non-hydrogen) atoms. The molecule has 10 nitrogen and oxygen atoms in total. The van der Waals surface area contributed by atoms with Crippen LogP contribution in [0.4, 0.5) is 0 Å². The van der Waals surface area contributed by atoms with Crippen LogP contribution in [0.3, 0.4) is 0 Å². The molecule has 152 valence electrons. The van der Waals surface area contributed by atoms with Crippen molar-refractivity contribution >= 4 is 23.4 Å². The van der Waals surface area contributed by atoms with E-state index in [1.54, 1.807) is 9.80 Å². The van der Waals surface area contributed by atoms with Crippen molar-refractivity contribution in [3.8, 4) is 0 Å². The Bertz CT molecular complexity index is 510. The quantitative estimate of drug-likeness (QED) is 0.399. The molecule has 0 spiro atoms. The van der Waals surface area contributed by atoms with Gasteiger partial charge in [0.1, 0.15) is 12.1 Å². The number of ketones is 2. The molecule has 0 bridgehead atoms. The number of primary amides is 2. The zero-order valence-corrected chi connectivity index (χ0v) is 15.4. The van der Waals surface area contributed by atoms with Crippen LogP contribution in [-0.2, 0) is 28.7 Å². The van der Waals surface area contributed by atoms with E-state index in [1.165, 1.54) is 0 Å². The standard InChI is InChI=1S/C17H28N4O6/c18-16(24)14(20-4-8-26-9-5-20)12(22)2-1-3-13(23)15(17(19)25)21-6-10-27-11-7-21/h14-15H,1-11H2,(H2,18,24)(H2,19,25). The first-order valence-electron chi connectivity index (χ1n) is 9.19. The number of ether oxygens (including phenoxy) is 2. The van der Waals surface area contributed by atoms with Crippen molar-refractivity contribution in [2.45, 2.75) is 31.3 Å². The van der Waals surface area contributed by atoms with E-state index in [4.69, 9.17) is 20.9 Å². The lowest BCUT2D eigenvalue weighted by Gasteiger charge is -2.32. The number of morpholine rings is 2. The molecule has 4 N–H and O–H groups in total. The van der Waals surface area contributed by atoms with E-state index >= 15 is 0 Å². The Hall–Kier alpha value is -1.88. The van der Waals surface area contributed by atoms with Crippen LogP contribution >= 0.6 is 0 Å². The summed E-state index contributed by atoms with van der Waals surface area (Å²) in [6.07, 6.45) is 0.302. The largest absolute Gasteiger partial charge is 0.379 e. The highest BCUT2D eigenvalue weighted by Crippen LogP contribution is 2.12. The van der Waals surface area contributed by atoms with Crippen LogP contribution in [0.15, 0.2) is 0 Å². The number of hydrogen-bond acceptors (Lipinski definition) is 8. The molecular weight excluding hydrogens is 356 g/mol. The molecule has 2 fully saturated rings. The van der Waals surface area contributed by atoms with E-state index < -0.39 is 23.9 Å².